The number of ether oxygens (including phenoxy) is 3. The second kappa shape index (κ2) is 13.1. The molecule has 0 aliphatic heterocycles. The molecule has 6 nitrogen and oxygen atoms in total. The van der Waals surface area contributed by atoms with Crippen molar-refractivity contribution in [1.82, 2.24) is 5.43 Å². The van der Waals surface area contributed by atoms with E-state index in [-0.39, 0.29) is 5.91 Å². The van der Waals surface area contributed by atoms with Crippen LogP contribution in [0.5, 0.6) is 17.2 Å². The minimum atomic E-state index is -0.329. The highest BCUT2D eigenvalue weighted by Gasteiger charge is 2.09. The number of para-hydroxylation sites is 1. The number of nitrogens with zero attached hydrogens (tertiary/aromatic N) is 1. The van der Waals surface area contributed by atoms with Crippen LogP contribution in [0.25, 0.3) is 0 Å². The van der Waals surface area contributed by atoms with Crippen molar-refractivity contribution in [2.24, 2.45) is 5.10 Å². The third kappa shape index (κ3) is 7.59. The van der Waals surface area contributed by atoms with Crippen LogP contribution in [0.2, 0.25) is 5.02 Å². The number of halogens is 1. The summed E-state index contributed by atoms with van der Waals surface area (Å²) >= 11 is 5.87. The molecular weight excluding hydrogens is 488 g/mol. The van der Waals surface area contributed by atoms with Crippen molar-refractivity contribution in [1.29, 1.82) is 0 Å². The van der Waals surface area contributed by atoms with Gasteiger partial charge in [0.1, 0.15) is 19.0 Å². The van der Waals surface area contributed by atoms with Gasteiger partial charge in [-0.2, -0.15) is 5.10 Å². The lowest BCUT2D eigenvalue weighted by molar-refractivity contribution is 0.0955. The highest BCUT2D eigenvalue weighted by atomic mass is 35.5. The molecule has 0 unspecified atom stereocenters. The molecule has 4 aromatic rings. The van der Waals surface area contributed by atoms with E-state index >= 15 is 0 Å². The molecule has 37 heavy (non-hydrogen) atoms. The van der Waals surface area contributed by atoms with Gasteiger partial charge in [0.2, 0.25) is 0 Å². The predicted octanol–water partition coefficient (Wildman–Crippen LogP) is 6.66. The molecule has 188 valence electrons. The Morgan fingerprint density at radius 1 is 0.784 bits per heavy atom. The second-order valence-electron chi connectivity index (χ2n) is 8.02. The largest absolute Gasteiger partial charge is 0.490 e. The summed E-state index contributed by atoms with van der Waals surface area (Å²) in [6.07, 6.45) is 1.55. The number of rotatable bonds is 11. The van der Waals surface area contributed by atoms with Crippen molar-refractivity contribution in [2.45, 2.75) is 20.1 Å². The third-order valence-electron chi connectivity index (χ3n) is 5.33. The van der Waals surface area contributed by atoms with Crippen molar-refractivity contribution in [3.8, 4) is 17.2 Å². The van der Waals surface area contributed by atoms with Gasteiger partial charge in [0.05, 0.1) is 12.8 Å². The zero-order chi connectivity index (χ0) is 25.9. The summed E-state index contributed by atoms with van der Waals surface area (Å²) in [5.41, 5.74) is 5.73. The van der Waals surface area contributed by atoms with Gasteiger partial charge in [-0.1, -0.05) is 60.1 Å². The van der Waals surface area contributed by atoms with Crippen LogP contribution < -0.4 is 19.6 Å². The molecule has 4 rings (SSSR count). The van der Waals surface area contributed by atoms with Gasteiger partial charge >= 0.3 is 0 Å². The Bertz CT molecular complexity index is 1340. The standard InChI is InChI=1S/C30H27ClN2O4/c1-2-35-29-18-23(12-17-28(29)37-20-22-8-4-3-5-9-22)21-36-27-11-7-6-10-25(27)19-32-33-30(34)24-13-15-26(31)16-14-24/h3-19H,2,20-21H2,1H3,(H,33,34)/b32-19+. The molecular formula is C30H27ClN2O4. The van der Waals surface area contributed by atoms with Crippen LogP contribution in [0.15, 0.2) is 102 Å². The number of carbonyl (C=O) groups excluding carboxylic acids is 1. The van der Waals surface area contributed by atoms with Gasteiger partial charge < -0.3 is 14.2 Å². The number of hydrazone groups is 1. The Kier molecular flexibility index (Phi) is 9.16. The number of hydrogen-bond donors (Lipinski definition) is 1. The number of carbonyl (C=O) groups is 1. The summed E-state index contributed by atoms with van der Waals surface area (Å²) in [6.45, 7) is 3.23. The summed E-state index contributed by atoms with van der Waals surface area (Å²) in [7, 11) is 0. The molecule has 0 saturated heterocycles. The zero-order valence-electron chi connectivity index (χ0n) is 20.4. The molecule has 1 N–H and O–H groups in total. The second-order valence-corrected chi connectivity index (χ2v) is 8.46. The Hall–Kier alpha value is -4.29. The van der Waals surface area contributed by atoms with Crippen LogP contribution in [0.1, 0.15) is 34.0 Å². The van der Waals surface area contributed by atoms with Gasteiger partial charge in [0.15, 0.2) is 11.5 Å². The van der Waals surface area contributed by atoms with Gasteiger partial charge in [0, 0.05) is 16.1 Å². The Morgan fingerprint density at radius 2 is 1.49 bits per heavy atom. The molecule has 0 bridgehead atoms. The topological polar surface area (TPSA) is 69.2 Å². The SMILES string of the molecule is CCOc1cc(COc2ccccc2/C=N/NC(=O)c2ccc(Cl)cc2)ccc1OCc1ccccc1. The molecule has 0 aromatic heterocycles. The first kappa shape index (κ1) is 25.8. The summed E-state index contributed by atoms with van der Waals surface area (Å²) in [4.78, 5) is 12.3. The smallest absolute Gasteiger partial charge is 0.271 e. The molecule has 0 aliphatic carbocycles. The lowest BCUT2D eigenvalue weighted by atomic mass is 10.2. The Morgan fingerprint density at radius 3 is 2.27 bits per heavy atom. The van der Waals surface area contributed by atoms with Gasteiger partial charge in [-0.25, -0.2) is 5.43 Å². The van der Waals surface area contributed by atoms with E-state index in [4.69, 9.17) is 25.8 Å². The number of benzene rings is 4. The average Bonchev–Trinajstić information content (AvgIpc) is 2.93. The van der Waals surface area contributed by atoms with Crippen molar-refractivity contribution in [3.05, 3.63) is 124 Å². The molecule has 0 heterocycles. The molecule has 0 radical (unpaired) electrons. The van der Waals surface area contributed by atoms with Crippen LogP contribution in [0, 0.1) is 0 Å². The highest BCUT2D eigenvalue weighted by molar-refractivity contribution is 6.30. The number of nitrogens with one attached hydrogen (secondary N) is 1. The van der Waals surface area contributed by atoms with E-state index in [1.54, 1.807) is 30.5 Å². The quantitative estimate of drug-likeness (QED) is 0.179. The first-order valence-corrected chi connectivity index (χ1v) is 12.2. The maximum absolute atomic E-state index is 12.3. The van der Waals surface area contributed by atoms with E-state index in [2.05, 4.69) is 10.5 Å². The van der Waals surface area contributed by atoms with Crippen LogP contribution in [0.4, 0.5) is 0 Å². The van der Waals surface area contributed by atoms with Crippen molar-refractivity contribution in [3.63, 3.8) is 0 Å². The van der Waals surface area contributed by atoms with Gasteiger partial charge in [-0.05, 0) is 66.6 Å². The van der Waals surface area contributed by atoms with Crippen LogP contribution in [-0.4, -0.2) is 18.7 Å². The summed E-state index contributed by atoms with van der Waals surface area (Å²) in [5.74, 6) is 1.65. The fourth-order valence-electron chi connectivity index (χ4n) is 3.47. The summed E-state index contributed by atoms with van der Waals surface area (Å²) < 4.78 is 17.9. The molecule has 0 aliphatic rings. The Balaban J connectivity index is 1.38. The highest BCUT2D eigenvalue weighted by Crippen LogP contribution is 2.30. The maximum Gasteiger partial charge on any atom is 0.271 e. The van der Waals surface area contributed by atoms with E-state index in [0.29, 0.717) is 47.7 Å². The van der Waals surface area contributed by atoms with Crippen molar-refractivity contribution in [2.75, 3.05) is 6.61 Å². The van der Waals surface area contributed by atoms with Gasteiger partial charge in [-0.3, -0.25) is 4.79 Å². The summed E-state index contributed by atoms with van der Waals surface area (Å²) in [6, 6.07) is 29.8. The van der Waals surface area contributed by atoms with Crippen LogP contribution in [-0.2, 0) is 13.2 Å². The lowest BCUT2D eigenvalue weighted by Gasteiger charge is -2.14. The zero-order valence-corrected chi connectivity index (χ0v) is 21.2. The van der Waals surface area contributed by atoms with Gasteiger partial charge in [-0.15, -0.1) is 0 Å². The van der Waals surface area contributed by atoms with Crippen molar-refractivity contribution < 1.29 is 19.0 Å². The van der Waals surface area contributed by atoms with E-state index in [1.165, 1.54) is 0 Å². The van der Waals surface area contributed by atoms with E-state index in [1.807, 2.05) is 79.7 Å². The van der Waals surface area contributed by atoms with Crippen LogP contribution >= 0.6 is 11.6 Å². The fourth-order valence-corrected chi connectivity index (χ4v) is 3.60. The molecule has 7 heteroatoms. The minimum absolute atomic E-state index is 0.320. The monoisotopic (exact) mass is 514 g/mol. The number of amides is 1. The summed E-state index contributed by atoms with van der Waals surface area (Å²) in [5, 5.41) is 4.64. The number of hydrogen-bond acceptors (Lipinski definition) is 5. The molecule has 0 saturated carbocycles. The molecule has 0 spiro atoms. The fraction of sp³-hybridized carbons (Fsp3) is 0.133. The lowest BCUT2D eigenvalue weighted by Crippen LogP contribution is -2.17. The molecule has 4 aromatic carbocycles. The van der Waals surface area contributed by atoms with E-state index in [0.717, 1.165) is 16.7 Å². The normalized spacial score (nSPS) is 10.8. The predicted molar refractivity (Wildman–Crippen MR) is 146 cm³/mol. The molecule has 0 atom stereocenters. The van der Waals surface area contributed by atoms with E-state index in [9.17, 15) is 4.79 Å². The minimum Gasteiger partial charge on any atom is -0.490 e. The van der Waals surface area contributed by atoms with E-state index < -0.39 is 0 Å². The third-order valence-corrected chi connectivity index (χ3v) is 5.59. The maximum atomic E-state index is 12.3. The van der Waals surface area contributed by atoms with Gasteiger partial charge in [0.25, 0.3) is 5.91 Å². The van der Waals surface area contributed by atoms with Crippen molar-refractivity contribution >= 4 is 23.7 Å². The van der Waals surface area contributed by atoms with Crippen LogP contribution in [0.3, 0.4) is 0 Å². The average molecular weight is 515 g/mol. The first-order chi connectivity index (χ1) is 18.1. The first-order valence-electron chi connectivity index (χ1n) is 11.9. The Labute approximate surface area is 221 Å². The molecule has 0 fully saturated rings. The molecule has 1 amide bonds.